The van der Waals surface area contributed by atoms with Gasteiger partial charge in [-0.2, -0.15) is 5.10 Å². The Morgan fingerprint density at radius 1 is 0.941 bits per heavy atom. The average Bonchev–Trinajstić information content (AvgIpc) is 2.84. The Kier molecular flexibility index (Phi) is 8.76. The fourth-order valence-corrected chi connectivity index (χ4v) is 2.90. The Labute approximate surface area is 201 Å². The predicted octanol–water partition coefficient (Wildman–Crippen LogP) is 3.84. The van der Waals surface area contributed by atoms with Crippen molar-refractivity contribution in [3.05, 3.63) is 94.5 Å². The standard InChI is InChI=1S/C25H22ClN3O5/c1-2-33-21-13-9-17(10-14-21)24(31)27-16-23(30)29-28-15-19-5-3-4-6-22(19)34-25(32)18-7-11-20(26)12-8-18/h3-15H,2,16H2,1H3,(H,27,31)(H,29,30)/b28-15-. The molecule has 8 nitrogen and oxygen atoms in total. The molecule has 34 heavy (non-hydrogen) atoms. The summed E-state index contributed by atoms with van der Waals surface area (Å²) in [5.74, 6) is -0.555. The Morgan fingerprint density at radius 2 is 1.62 bits per heavy atom. The van der Waals surface area contributed by atoms with Crippen LogP contribution in [0.3, 0.4) is 0 Å². The Balaban J connectivity index is 1.52. The van der Waals surface area contributed by atoms with Crippen LogP contribution in [0, 0.1) is 0 Å². The van der Waals surface area contributed by atoms with Crippen molar-refractivity contribution >= 4 is 35.6 Å². The van der Waals surface area contributed by atoms with E-state index >= 15 is 0 Å². The molecule has 0 aliphatic rings. The number of amides is 2. The summed E-state index contributed by atoms with van der Waals surface area (Å²) >= 11 is 5.84. The van der Waals surface area contributed by atoms with E-state index in [0.717, 1.165) is 0 Å². The van der Waals surface area contributed by atoms with Crippen molar-refractivity contribution in [2.24, 2.45) is 5.10 Å². The molecule has 0 unspecified atom stereocenters. The summed E-state index contributed by atoms with van der Waals surface area (Å²) in [6, 6.07) is 19.6. The summed E-state index contributed by atoms with van der Waals surface area (Å²) in [5, 5.41) is 6.90. The van der Waals surface area contributed by atoms with Gasteiger partial charge in [-0.15, -0.1) is 0 Å². The van der Waals surface area contributed by atoms with Gasteiger partial charge in [0, 0.05) is 16.1 Å². The maximum atomic E-state index is 12.4. The van der Waals surface area contributed by atoms with Crippen LogP contribution in [0.4, 0.5) is 0 Å². The number of hydrazone groups is 1. The summed E-state index contributed by atoms with van der Waals surface area (Å²) in [7, 11) is 0. The zero-order chi connectivity index (χ0) is 24.3. The van der Waals surface area contributed by atoms with Gasteiger partial charge in [0.15, 0.2) is 0 Å². The smallest absolute Gasteiger partial charge is 0.343 e. The fraction of sp³-hybridized carbons (Fsp3) is 0.120. The molecule has 2 amide bonds. The maximum Gasteiger partial charge on any atom is 0.343 e. The quantitative estimate of drug-likeness (QED) is 0.210. The number of rotatable bonds is 9. The third-order valence-electron chi connectivity index (χ3n) is 4.43. The van der Waals surface area contributed by atoms with Crippen LogP contribution >= 0.6 is 11.6 Å². The highest BCUT2D eigenvalue weighted by molar-refractivity contribution is 6.30. The van der Waals surface area contributed by atoms with E-state index in [0.29, 0.717) is 34.1 Å². The Bertz CT molecular complexity index is 1180. The molecule has 0 heterocycles. The fourth-order valence-electron chi connectivity index (χ4n) is 2.77. The highest BCUT2D eigenvalue weighted by atomic mass is 35.5. The van der Waals surface area contributed by atoms with Gasteiger partial charge in [0.25, 0.3) is 11.8 Å². The van der Waals surface area contributed by atoms with Crippen LogP contribution in [0.1, 0.15) is 33.2 Å². The molecule has 2 N–H and O–H groups in total. The molecule has 0 radical (unpaired) electrons. The summed E-state index contributed by atoms with van der Waals surface area (Å²) in [4.78, 5) is 36.5. The van der Waals surface area contributed by atoms with Crippen molar-refractivity contribution in [3.63, 3.8) is 0 Å². The zero-order valence-corrected chi connectivity index (χ0v) is 19.0. The number of ether oxygens (including phenoxy) is 2. The maximum absolute atomic E-state index is 12.4. The van der Waals surface area contributed by atoms with Crippen LogP contribution < -0.4 is 20.2 Å². The van der Waals surface area contributed by atoms with Gasteiger partial charge in [-0.1, -0.05) is 23.7 Å². The Hall–Kier alpha value is -4.17. The van der Waals surface area contributed by atoms with Gasteiger partial charge >= 0.3 is 5.97 Å². The number of para-hydroxylation sites is 1. The largest absolute Gasteiger partial charge is 0.494 e. The van der Waals surface area contributed by atoms with Crippen molar-refractivity contribution < 1.29 is 23.9 Å². The molecule has 0 fully saturated rings. The number of hydrogen-bond donors (Lipinski definition) is 2. The van der Waals surface area contributed by atoms with E-state index in [2.05, 4.69) is 15.8 Å². The normalized spacial score (nSPS) is 10.5. The molecule has 0 saturated carbocycles. The highest BCUT2D eigenvalue weighted by Crippen LogP contribution is 2.18. The molecule has 0 spiro atoms. The summed E-state index contributed by atoms with van der Waals surface area (Å²) < 4.78 is 10.8. The highest BCUT2D eigenvalue weighted by Gasteiger charge is 2.11. The number of nitrogens with one attached hydrogen (secondary N) is 2. The van der Waals surface area contributed by atoms with Crippen LogP contribution in [-0.2, 0) is 4.79 Å². The molecule has 9 heteroatoms. The molecule has 174 valence electrons. The minimum Gasteiger partial charge on any atom is -0.494 e. The van der Waals surface area contributed by atoms with E-state index in [1.807, 2.05) is 6.92 Å². The lowest BCUT2D eigenvalue weighted by atomic mass is 10.2. The average molecular weight is 480 g/mol. The van der Waals surface area contributed by atoms with Gasteiger partial charge < -0.3 is 14.8 Å². The number of carbonyl (C=O) groups excluding carboxylic acids is 3. The van der Waals surface area contributed by atoms with Gasteiger partial charge in [0.1, 0.15) is 11.5 Å². The van der Waals surface area contributed by atoms with Gasteiger partial charge in [-0.3, -0.25) is 9.59 Å². The minimum absolute atomic E-state index is 0.267. The Morgan fingerprint density at radius 3 is 2.32 bits per heavy atom. The summed E-state index contributed by atoms with van der Waals surface area (Å²) in [6.45, 7) is 2.13. The lowest BCUT2D eigenvalue weighted by molar-refractivity contribution is -0.120. The van der Waals surface area contributed by atoms with Crippen molar-refractivity contribution in [3.8, 4) is 11.5 Å². The summed E-state index contributed by atoms with van der Waals surface area (Å²) in [5.41, 5.74) is 3.54. The number of nitrogens with zero attached hydrogens (tertiary/aromatic N) is 1. The molecule has 0 atom stereocenters. The zero-order valence-electron chi connectivity index (χ0n) is 18.3. The van der Waals surface area contributed by atoms with Crippen LogP contribution in [0.25, 0.3) is 0 Å². The van der Waals surface area contributed by atoms with Gasteiger partial charge in [-0.25, -0.2) is 10.2 Å². The third-order valence-corrected chi connectivity index (χ3v) is 4.68. The van der Waals surface area contributed by atoms with Gasteiger partial charge in [-0.05, 0) is 67.6 Å². The molecule has 3 rings (SSSR count). The molecular weight excluding hydrogens is 458 g/mol. The van der Waals surface area contributed by atoms with E-state index in [1.54, 1.807) is 72.8 Å². The van der Waals surface area contributed by atoms with Crippen LogP contribution in [0.15, 0.2) is 77.9 Å². The first-order chi connectivity index (χ1) is 16.5. The SMILES string of the molecule is CCOc1ccc(C(=O)NCC(=O)N/N=C\c2ccccc2OC(=O)c2ccc(Cl)cc2)cc1. The van der Waals surface area contributed by atoms with Gasteiger partial charge in [0.05, 0.1) is 24.9 Å². The first-order valence-electron chi connectivity index (χ1n) is 10.4. The second kappa shape index (κ2) is 12.2. The van der Waals surface area contributed by atoms with E-state index in [-0.39, 0.29) is 12.3 Å². The van der Waals surface area contributed by atoms with E-state index in [4.69, 9.17) is 21.1 Å². The topological polar surface area (TPSA) is 106 Å². The van der Waals surface area contributed by atoms with E-state index in [1.165, 1.54) is 6.21 Å². The lowest BCUT2D eigenvalue weighted by Gasteiger charge is -2.08. The second-order valence-corrected chi connectivity index (χ2v) is 7.30. The van der Waals surface area contributed by atoms with E-state index in [9.17, 15) is 14.4 Å². The number of halogens is 1. The van der Waals surface area contributed by atoms with E-state index < -0.39 is 17.8 Å². The van der Waals surface area contributed by atoms with Crippen molar-refractivity contribution in [1.82, 2.24) is 10.7 Å². The first kappa shape index (κ1) is 24.5. The molecule has 3 aromatic rings. The first-order valence-corrected chi connectivity index (χ1v) is 10.7. The second-order valence-electron chi connectivity index (χ2n) is 6.87. The van der Waals surface area contributed by atoms with Crippen LogP contribution in [0.5, 0.6) is 11.5 Å². The lowest BCUT2D eigenvalue weighted by Crippen LogP contribution is -2.34. The predicted molar refractivity (Wildman–Crippen MR) is 129 cm³/mol. The number of esters is 1. The molecule has 3 aromatic carbocycles. The van der Waals surface area contributed by atoms with Gasteiger partial charge in [0.2, 0.25) is 0 Å². The molecular formula is C25H22ClN3O5. The number of benzene rings is 3. The van der Waals surface area contributed by atoms with Crippen LogP contribution in [-0.4, -0.2) is 37.1 Å². The van der Waals surface area contributed by atoms with Crippen LogP contribution in [0.2, 0.25) is 5.02 Å². The van der Waals surface area contributed by atoms with Crippen molar-refractivity contribution in [1.29, 1.82) is 0 Å². The molecule has 0 aliphatic heterocycles. The van der Waals surface area contributed by atoms with Crippen molar-refractivity contribution in [2.45, 2.75) is 6.92 Å². The molecule has 0 saturated heterocycles. The molecule has 0 aliphatic carbocycles. The monoisotopic (exact) mass is 479 g/mol. The number of carbonyl (C=O) groups is 3. The third kappa shape index (κ3) is 7.18. The minimum atomic E-state index is -0.557. The number of hydrogen-bond acceptors (Lipinski definition) is 6. The molecule has 0 bridgehead atoms. The van der Waals surface area contributed by atoms with Crippen molar-refractivity contribution in [2.75, 3.05) is 13.2 Å². The summed E-state index contributed by atoms with van der Waals surface area (Å²) in [6.07, 6.45) is 1.34. The molecule has 0 aromatic heterocycles.